The lowest BCUT2D eigenvalue weighted by Crippen LogP contribution is -2.27. The molecule has 0 unspecified atom stereocenters. The van der Waals surface area contributed by atoms with Crippen LogP contribution in [0.5, 0.6) is 0 Å². The first-order valence-electron chi connectivity index (χ1n) is 7.56. The summed E-state index contributed by atoms with van der Waals surface area (Å²) in [5, 5.41) is 0. The van der Waals surface area contributed by atoms with Gasteiger partial charge in [-0.05, 0) is 43.7 Å². The molecule has 0 N–H and O–H groups in total. The van der Waals surface area contributed by atoms with Crippen molar-refractivity contribution in [2.24, 2.45) is 0 Å². The smallest absolute Gasteiger partial charge is 0.266 e. The predicted octanol–water partition coefficient (Wildman–Crippen LogP) is 4.13. The summed E-state index contributed by atoms with van der Waals surface area (Å²) in [7, 11) is 0. The predicted molar refractivity (Wildman–Crippen MR) is 102 cm³/mol. The van der Waals surface area contributed by atoms with Gasteiger partial charge in [0.1, 0.15) is 10.1 Å². The number of hydrogen-bond acceptors (Lipinski definition) is 4. The fraction of sp³-hybridized carbons (Fsp3) is 0.222. The van der Waals surface area contributed by atoms with Crippen molar-refractivity contribution in [3.8, 4) is 0 Å². The van der Waals surface area contributed by atoms with Crippen molar-refractivity contribution in [3.63, 3.8) is 0 Å². The van der Waals surface area contributed by atoms with E-state index in [2.05, 4.69) is 24.1 Å². The van der Waals surface area contributed by atoms with Crippen LogP contribution in [0.2, 0.25) is 0 Å². The minimum absolute atomic E-state index is 0.0549. The molecule has 1 amide bonds. The van der Waals surface area contributed by atoms with Crippen molar-refractivity contribution in [2.75, 3.05) is 6.54 Å². The van der Waals surface area contributed by atoms with Crippen molar-refractivity contribution >= 4 is 40.3 Å². The number of hydrogen-bond donors (Lipinski definition) is 0. The molecule has 4 nitrogen and oxygen atoms in total. The minimum atomic E-state index is -0.0549. The largest absolute Gasteiger partial charge is 0.467 e. The lowest BCUT2D eigenvalue weighted by Gasteiger charge is -2.10. The van der Waals surface area contributed by atoms with E-state index in [1.165, 1.54) is 11.8 Å². The van der Waals surface area contributed by atoms with Gasteiger partial charge in [0, 0.05) is 17.9 Å². The fourth-order valence-electron chi connectivity index (χ4n) is 2.70. The van der Waals surface area contributed by atoms with Gasteiger partial charge in [0.05, 0.1) is 17.7 Å². The Hall–Kier alpha value is -2.05. The summed E-state index contributed by atoms with van der Waals surface area (Å²) >= 11 is 6.62. The summed E-state index contributed by atoms with van der Waals surface area (Å²) in [5.41, 5.74) is 3.24. The van der Waals surface area contributed by atoms with Gasteiger partial charge in [-0.2, -0.15) is 0 Å². The maximum Gasteiger partial charge on any atom is 0.266 e. The molecule has 0 aliphatic carbocycles. The van der Waals surface area contributed by atoms with Gasteiger partial charge < -0.3 is 8.98 Å². The normalized spacial score (nSPS) is 16.4. The zero-order chi connectivity index (χ0) is 17.3. The van der Waals surface area contributed by atoms with E-state index in [1.807, 2.05) is 25.1 Å². The third kappa shape index (κ3) is 3.12. The third-order valence-electron chi connectivity index (χ3n) is 3.98. The molecule has 1 aliphatic rings. The van der Waals surface area contributed by atoms with E-state index in [0.717, 1.165) is 22.7 Å². The maximum atomic E-state index is 12.4. The Morgan fingerprint density at radius 2 is 2.21 bits per heavy atom. The molecule has 1 fully saturated rings. The average molecular weight is 358 g/mol. The van der Waals surface area contributed by atoms with Crippen LogP contribution in [-0.2, 0) is 11.3 Å². The molecule has 0 bridgehead atoms. The number of furan rings is 1. The number of thioether (sulfide) groups is 1. The van der Waals surface area contributed by atoms with Gasteiger partial charge in [-0.25, -0.2) is 0 Å². The van der Waals surface area contributed by atoms with Gasteiger partial charge in [0.25, 0.3) is 5.91 Å². The molecular formula is C18H18N2O2S2. The van der Waals surface area contributed by atoms with Crippen molar-refractivity contribution in [1.29, 1.82) is 0 Å². The Morgan fingerprint density at radius 1 is 1.42 bits per heavy atom. The summed E-state index contributed by atoms with van der Waals surface area (Å²) in [5.74, 6) is 0.849. The molecular weight excluding hydrogens is 340 g/mol. The van der Waals surface area contributed by atoms with Crippen LogP contribution in [-0.4, -0.2) is 26.2 Å². The fourth-order valence-corrected chi connectivity index (χ4v) is 3.97. The molecule has 1 saturated heterocycles. The zero-order valence-corrected chi connectivity index (χ0v) is 15.2. The molecule has 2 aromatic heterocycles. The molecule has 2 aromatic rings. The van der Waals surface area contributed by atoms with Gasteiger partial charge in [0.2, 0.25) is 0 Å². The van der Waals surface area contributed by atoms with Crippen molar-refractivity contribution in [1.82, 2.24) is 9.47 Å². The molecule has 0 atom stereocenters. The highest BCUT2D eigenvalue weighted by Gasteiger charge is 2.31. The van der Waals surface area contributed by atoms with Crippen LogP contribution in [0.15, 0.2) is 46.4 Å². The van der Waals surface area contributed by atoms with E-state index < -0.39 is 0 Å². The third-order valence-corrected chi connectivity index (χ3v) is 5.36. The molecule has 3 heterocycles. The molecule has 0 spiro atoms. The van der Waals surface area contributed by atoms with Crippen LogP contribution >= 0.6 is 24.0 Å². The Kier molecular flexibility index (Phi) is 4.78. The van der Waals surface area contributed by atoms with Crippen molar-refractivity contribution in [2.45, 2.75) is 20.4 Å². The summed E-state index contributed by atoms with van der Waals surface area (Å²) in [4.78, 5) is 14.7. The van der Waals surface area contributed by atoms with E-state index >= 15 is 0 Å². The Labute approximate surface area is 150 Å². The van der Waals surface area contributed by atoms with E-state index in [9.17, 15) is 4.79 Å². The van der Waals surface area contributed by atoms with Crippen molar-refractivity contribution in [3.05, 3.63) is 64.7 Å². The van der Waals surface area contributed by atoms with E-state index in [0.29, 0.717) is 22.3 Å². The monoisotopic (exact) mass is 358 g/mol. The minimum Gasteiger partial charge on any atom is -0.467 e. The highest BCUT2D eigenvalue weighted by molar-refractivity contribution is 8.26. The van der Waals surface area contributed by atoms with Gasteiger partial charge in [0.15, 0.2) is 0 Å². The molecule has 1 aliphatic heterocycles. The van der Waals surface area contributed by atoms with E-state index in [4.69, 9.17) is 16.6 Å². The highest BCUT2D eigenvalue weighted by atomic mass is 32.2. The molecule has 0 radical (unpaired) electrons. The van der Waals surface area contributed by atoms with Gasteiger partial charge >= 0.3 is 0 Å². The summed E-state index contributed by atoms with van der Waals surface area (Å²) in [6, 6.07) is 5.92. The molecule has 3 rings (SSSR count). The maximum absolute atomic E-state index is 12.4. The average Bonchev–Trinajstić information content (AvgIpc) is 3.21. The lowest BCUT2D eigenvalue weighted by atomic mass is 10.2. The number of nitrogens with zero attached hydrogens (tertiary/aromatic N) is 2. The first kappa shape index (κ1) is 16.8. The highest BCUT2D eigenvalue weighted by Crippen LogP contribution is 2.33. The number of carbonyl (C=O) groups is 1. The number of amides is 1. The van der Waals surface area contributed by atoms with Crippen LogP contribution in [0.25, 0.3) is 6.08 Å². The summed E-state index contributed by atoms with van der Waals surface area (Å²) in [6.45, 7) is 8.89. The number of aromatic nitrogens is 1. The number of thiocarbonyl (C=S) groups is 1. The lowest BCUT2D eigenvalue weighted by molar-refractivity contribution is -0.121. The van der Waals surface area contributed by atoms with Crippen LogP contribution in [0.3, 0.4) is 0 Å². The molecule has 124 valence electrons. The number of rotatable bonds is 5. The molecule has 6 heteroatoms. The van der Waals surface area contributed by atoms with Crippen LogP contribution < -0.4 is 0 Å². The van der Waals surface area contributed by atoms with Gasteiger partial charge in [-0.1, -0.05) is 30.1 Å². The first-order chi connectivity index (χ1) is 11.5. The first-order valence-corrected chi connectivity index (χ1v) is 8.79. The molecule has 24 heavy (non-hydrogen) atoms. The van der Waals surface area contributed by atoms with Crippen LogP contribution in [0.1, 0.15) is 22.7 Å². The Morgan fingerprint density at radius 3 is 2.88 bits per heavy atom. The quantitative estimate of drug-likeness (QED) is 0.458. The van der Waals surface area contributed by atoms with E-state index in [1.54, 1.807) is 17.2 Å². The standard InChI is InChI=1S/C18H18N2O2S2/c1-4-7-19-17(21)16(24-18(19)23)10-14-9-12(2)20(13(14)3)11-15-6-5-8-22-15/h4-6,8-10H,1,7,11H2,2-3H3. The zero-order valence-electron chi connectivity index (χ0n) is 13.6. The number of carbonyl (C=O) groups excluding carboxylic acids is 1. The second-order valence-electron chi connectivity index (χ2n) is 5.57. The number of aryl methyl sites for hydroxylation is 1. The Bertz CT molecular complexity index is 832. The van der Waals surface area contributed by atoms with Crippen LogP contribution in [0.4, 0.5) is 0 Å². The molecule has 0 saturated carbocycles. The summed E-state index contributed by atoms with van der Waals surface area (Å²) in [6.07, 6.45) is 5.28. The second-order valence-corrected chi connectivity index (χ2v) is 7.25. The van der Waals surface area contributed by atoms with Gasteiger partial charge in [-0.3, -0.25) is 9.69 Å². The molecule has 0 aromatic carbocycles. The van der Waals surface area contributed by atoms with Crippen LogP contribution in [0, 0.1) is 13.8 Å². The SMILES string of the molecule is C=CCN1C(=O)C(=Cc2cc(C)n(Cc3ccco3)c2C)SC1=S. The second kappa shape index (κ2) is 6.83. The topological polar surface area (TPSA) is 38.4 Å². The van der Waals surface area contributed by atoms with E-state index in [-0.39, 0.29) is 5.91 Å². The Balaban J connectivity index is 1.89. The van der Waals surface area contributed by atoms with Gasteiger partial charge in [-0.15, -0.1) is 6.58 Å². The van der Waals surface area contributed by atoms with Crippen molar-refractivity contribution < 1.29 is 9.21 Å². The summed E-state index contributed by atoms with van der Waals surface area (Å²) < 4.78 is 8.19.